The van der Waals surface area contributed by atoms with Crippen molar-refractivity contribution in [3.05, 3.63) is 33.3 Å². The predicted molar refractivity (Wildman–Crippen MR) is 78.2 cm³/mol. The molecule has 21 heavy (non-hydrogen) atoms. The van der Waals surface area contributed by atoms with Gasteiger partial charge in [-0.3, -0.25) is 14.9 Å². The van der Waals surface area contributed by atoms with E-state index in [2.05, 4.69) is 0 Å². The third kappa shape index (κ3) is 3.84. The second kappa shape index (κ2) is 5.78. The molecule has 1 fully saturated rings. The molecule has 0 bridgehead atoms. The first-order valence-electron chi connectivity index (χ1n) is 5.84. The minimum absolute atomic E-state index is 0.0409. The molecular weight excluding hydrogens is 343 g/mol. The summed E-state index contributed by atoms with van der Waals surface area (Å²) in [5, 5.41) is 10.7. The van der Waals surface area contributed by atoms with Crippen LogP contribution in [0.2, 0.25) is 5.02 Å². The van der Waals surface area contributed by atoms with Crippen molar-refractivity contribution < 1.29 is 18.1 Å². The smallest absolute Gasteiger partial charge is 0.271 e. The van der Waals surface area contributed by atoms with E-state index in [-0.39, 0.29) is 35.3 Å². The van der Waals surface area contributed by atoms with E-state index >= 15 is 0 Å². The zero-order valence-corrected chi connectivity index (χ0v) is 12.9. The third-order valence-electron chi connectivity index (χ3n) is 3.07. The summed E-state index contributed by atoms with van der Waals surface area (Å²) in [6.45, 7) is 0.155. The molecule has 0 saturated carbocycles. The Kier molecular flexibility index (Phi) is 4.40. The first-order valence-corrected chi connectivity index (χ1v) is 8.69. The van der Waals surface area contributed by atoms with Gasteiger partial charge < -0.3 is 4.90 Å². The van der Waals surface area contributed by atoms with Crippen molar-refractivity contribution in [3.63, 3.8) is 0 Å². The Morgan fingerprint density at radius 3 is 2.62 bits per heavy atom. The highest BCUT2D eigenvalue weighted by Gasteiger charge is 2.34. The number of nitro benzene ring substituents is 1. The molecule has 114 valence electrons. The largest absolute Gasteiger partial charge is 0.311 e. The number of carbonyl (C=O) groups excluding carboxylic acids is 1. The molecule has 1 unspecified atom stereocenters. The zero-order valence-electron chi connectivity index (χ0n) is 10.5. The number of hydrogen-bond donors (Lipinski definition) is 0. The lowest BCUT2D eigenvalue weighted by Crippen LogP contribution is -2.25. The first kappa shape index (κ1) is 16.0. The number of non-ortho nitro benzene ring substituents is 1. The summed E-state index contributed by atoms with van der Waals surface area (Å²) < 4.78 is 22.1. The van der Waals surface area contributed by atoms with E-state index in [4.69, 9.17) is 22.3 Å². The molecule has 0 aromatic heterocycles. The second-order valence-corrected chi connectivity index (χ2v) is 7.90. The molecule has 1 aliphatic heterocycles. The lowest BCUT2D eigenvalue weighted by Gasteiger charge is -2.17. The molecule has 0 spiro atoms. The predicted octanol–water partition coefficient (Wildman–Crippen LogP) is 2.17. The van der Waals surface area contributed by atoms with Crippen LogP contribution in [-0.2, 0) is 13.8 Å². The van der Waals surface area contributed by atoms with E-state index in [0.717, 1.165) is 6.07 Å². The molecular formula is C11H10Cl2N2O5S. The van der Waals surface area contributed by atoms with E-state index in [0.29, 0.717) is 5.69 Å². The van der Waals surface area contributed by atoms with Gasteiger partial charge in [-0.05, 0) is 6.07 Å². The normalized spacial score (nSPS) is 19.0. The van der Waals surface area contributed by atoms with Crippen molar-refractivity contribution in [2.75, 3.05) is 17.2 Å². The average molecular weight is 353 g/mol. The Morgan fingerprint density at radius 2 is 2.10 bits per heavy atom. The molecule has 1 aliphatic rings. The Balaban J connectivity index is 2.23. The van der Waals surface area contributed by atoms with Gasteiger partial charge in [0.1, 0.15) is 0 Å². The quantitative estimate of drug-likeness (QED) is 0.469. The third-order valence-corrected chi connectivity index (χ3v) is 4.62. The summed E-state index contributed by atoms with van der Waals surface area (Å²) in [7, 11) is 1.49. The van der Waals surface area contributed by atoms with E-state index in [1.807, 2.05) is 0 Å². The van der Waals surface area contributed by atoms with Gasteiger partial charge >= 0.3 is 0 Å². The van der Waals surface area contributed by atoms with Crippen LogP contribution < -0.4 is 4.90 Å². The SMILES string of the molecule is O=C1CC(CS(=O)(=O)Cl)CN1c1ccc([N+](=O)[O-])cc1Cl. The van der Waals surface area contributed by atoms with E-state index < -0.39 is 19.9 Å². The van der Waals surface area contributed by atoms with Crippen LogP contribution in [0.3, 0.4) is 0 Å². The molecule has 7 nitrogen and oxygen atoms in total. The van der Waals surface area contributed by atoms with Crippen LogP contribution >= 0.6 is 22.3 Å². The fraction of sp³-hybridized carbons (Fsp3) is 0.364. The topological polar surface area (TPSA) is 97.6 Å². The number of amides is 1. The molecule has 1 aromatic carbocycles. The number of anilines is 1. The maximum Gasteiger partial charge on any atom is 0.271 e. The number of nitrogens with zero attached hydrogens (tertiary/aromatic N) is 2. The Bertz CT molecular complexity index is 707. The minimum atomic E-state index is -3.69. The number of benzene rings is 1. The minimum Gasteiger partial charge on any atom is -0.311 e. The molecule has 0 aliphatic carbocycles. The van der Waals surface area contributed by atoms with Crippen molar-refractivity contribution in [2.24, 2.45) is 5.92 Å². The highest BCUT2D eigenvalue weighted by Crippen LogP contribution is 2.34. The molecule has 1 atom stereocenters. The molecule has 0 radical (unpaired) electrons. The van der Waals surface area contributed by atoms with Gasteiger partial charge in [0, 0.05) is 41.7 Å². The van der Waals surface area contributed by atoms with E-state index in [9.17, 15) is 23.3 Å². The Labute approximate surface area is 130 Å². The van der Waals surface area contributed by atoms with Crippen molar-refractivity contribution >= 4 is 48.6 Å². The van der Waals surface area contributed by atoms with Gasteiger partial charge in [0.15, 0.2) is 0 Å². The second-order valence-electron chi connectivity index (χ2n) is 4.67. The maximum atomic E-state index is 11.9. The van der Waals surface area contributed by atoms with Crippen LogP contribution in [0.5, 0.6) is 0 Å². The van der Waals surface area contributed by atoms with Gasteiger partial charge in [-0.25, -0.2) is 8.42 Å². The number of hydrogen-bond acceptors (Lipinski definition) is 5. The first-order chi connectivity index (χ1) is 9.67. The highest BCUT2D eigenvalue weighted by molar-refractivity contribution is 8.13. The standard InChI is InChI=1S/C11H10Cl2N2O5S/c12-9-4-8(15(17)18)1-2-10(9)14-5-7(3-11(14)16)6-21(13,19)20/h1-2,4,7H,3,5-6H2. The summed E-state index contributed by atoms with van der Waals surface area (Å²) in [5.74, 6) is -1.02. The van der Waals surface area contributed by atoms with Crippen molar-refractivity contribution in [1.82, 2.24) is 0 Å². The Hall–Kier alpha value is -1.38. The van der Waals surface area contributed by atoms with Crippen LogP contribution in [0.25, 0.3) is 0 Å². The van der Waals surface area contributed by atoms with E-state index in [1.54, 1.807) is 0 Å². The average Bonchev–Trinajstić information content (AvgIpc) is 2.67. The van der Waals surface area contributed by atoms with Gasteiger partial charge in [0.2, 0.25) is 15.0 Å². The van der Waals surface area contributed by atoms with Crippen LogP contribution in [0, 0.1) is 16.0 Å². The number of halogens is 2. The van der Waals surface area contributed by atoms with Gasteiger partial charge in [0.25, 0.3) is 5.69 Å². The van der Waals surface area contributed by atoms with Crippen molar-refractivity contribution in [3.8, 4) is 0 Å². The number of nitro groups is 1. The van der Waals surface area contributed by atoms with E-state index in [1.165, 1.54) is 17.0 Å². The van der Waals surface area contributed by atoms with Gasteiger partial charge in [-0.1, -0.05) is 11.6 Å². The van der Waals surface area contributed by atoms with Crippen LogP contribution in [0.15, 0.2) is 18.2 Å². The molecule has 0 N–H and O–H groups in total. The fourth-order valence-corrected chi connectivity index (χ4v) is 3.83. The van der Waals surface area contributed by atoms with Gasteiger partial charge in [0.05, 0.1) is 21.4 Å². The van der Waals surface area contributed by atoms with Crippen LogP contribution in [0.4, 0.5) is 11.4 Å². The zero-order chi connectivity index (χ0) is 15.8. The summed E-state index contributed by atoms with van der Waals surface area (Å²) in [6.07, 6.45) is 0.0409. The van der Waals surface area contributed by atoms with Crippen molar-refractivity contribution in [1.29, 1.82) is 0 Å². The number of rotatable bonds is 4. The summed E-state index contributed by atoms with van der Waals surface area (Å²) in [5.41, 5.74) is 0.136. The van der Waals surface area contributed by atoms with Gasteiger partial charge in [-0.15, -0.1) is 0 Å². The lowest BCUT2D eigenvalue weighted by atomic mass is 10.1. The summed E-state index contributed by atoms with van der Waals surface area (Å²) in [6, 6.07) is 3.76. The molecule has 1 heterocycles. The monoisotopic (exact) mass is 352 g/mol. The molecule has 1 amide bonds. The van der Waals surface area contributed by atoms with Crippen LogP contribution in [0.1, 0.15) is 6.42 Å². The molecule has 1 aromatic rings. The summed E-state index contributed by atoms with van der Waals surface area (Å²) >= 11 is 5.96. The molecule has 2 rings (SSSR count). The Morgan fingerprint density at radius 1 is 1.43 bits per heavy atom. The molecule has 1 saturated heterocycles. The van der Waals surface area contributed by atoms with Crippen molar-refractivity contribution in [2.45, 2.75) is 6.42 Å². The molecule has 10 heteroatoms. The lowest BCUT2D eigenvalue weighted by molar-refractivity contribution is -0.384. The summed E-state index contributed by atoms with van der Waals surface area (Å²) in [4.78, 5) is 23.3. The van der Waals surface area contributed by atoms with Crippen LogP contribution in [-0.4, -0.2) is 31.5 Å². The fourth-order valence-electron chi connectivity index (χ4n) is 2.24. The highest BCUT2D eigenvalue weighted by atomic mass is 35.7. The van der Waals surface area contributed by atoms with Gasteiger partial charge in [-0.2, -0.15) is 0 Å². The maximum absolute atomic E-state index is 11.9. The number of carbonyl (C=O) groups is 1.